The Bertz CT molecular complexity index is 914. The summed E-state index contributed by atoms with van der Waals surface area (Å²) in [6, 6.07) is 12.3. The van der Waals surface area contributed by atoms with Gasteiger partial charge in [-0.15, -0.1) is 10.2 Å². The lowest BCUT2D eigenvalue weighted by atomic mass is 10.3. The lowest BCUT2D eigenvalue weighted by Gasteiger charge is -2.09. The molecule has 6 nitrogen and oxygen atoms in total. The zero-order chi connectivity index (χ0) is 19.2. The van der Waals surface area contributed by atoms with E-state index in [0.717, 1.165) is 11.8 Å². The minimum atomic E-state index is -0.327. The molecule has 0 atom stereocenters. The fourth-order valence-corrected chi connectivity index (χ4v) is 3.47. The first-order chi connectivity index (χ1) is 13.0. The highest BCUT2D eigenvalue weighted by molar-refractivity contribution is 7.99. The highest BCUT2D eigenvalue weighted by Crippen LogP contribution is 2.33. The average molecular weight is 445 g/mol. The third kappa shape index (κ3) is 5.77. The van der Waals surface area contributed by atoms with Crippen LogP contribution in [-0.2, 0) is 11.4 Å². The number of carbonyl (C=O) groups excluding carboxylic acids is 1. The van der Waals surface area contributed by atoms with Crippen molar-refractivity contribution in [1.82, 2.24) is 10.2 Å². The second kappa shape index (κ2) is 9.32. The Kier molecular flexibility index (Phi) is 6.84. The highest BCUT2D eigenvalue weighted by atomic mass is 35.5. The van der Waals surface area contributed by atoms with Gasteiger partial charge in [0.15, 0.2) is 6.61 Å². The van der Waals surface area contributed by atoms with Gasteiger partial charge in [-0.25, -0.2) is 0 Å². The van der Waals surface area contributed by atoms with Gasteiger partial charge in [0.1, 0.15) is 5.75 Å². The summed E-state index contributed by atoms with van der Waals surface area (Å²) in [6.07, 6.45) is 0. The van der Waals surface area contributed by atoms with Crippen molar-refractivity contribution in [3.05, 3.63) is 63.4 Å². The predicted molar refractivity (Wildman–Crippen MR) is 106 cm³/mol. The number of ether oxygens (including phenoxy) is 1. The van der Waals surface area contributed by atoms with E-state index >= 15 is 0 Å². The van der Waals surface area contributed by atoms with Gasteiger partial charge in [-0.2, -0.15) is 0 Å². The van der Waals surface area contributed by atoms with Gasteiger partial charge in [-0.1, -0.05) is 64.8 Å². The number of nitrogens with zero attached hydrogens (tertiary/aromatic N) is 2. The van der Waals surface area contributed by atoms with Crippen LogP contribution in [0, 0.1) is 0 Å². The normalized spacial score (nSPS) is 10.6. The number of para-hydroxylation sites is 1. The molecule has 1 aromatic heterocycles. The lowest BCUT2D eigenvalue weighted by Crippen LogP contribution is -2.14. The van der Waals surface area contributed by atoms with Crippen molar-refractivity contribution < 1.29 is 13.9 Å². The van der Waals surface area contributed by atoms with Crippen LogP contribution in [0.1, 0.15) is 5.89 Å². The number of anilines is 1. The molecule has 27 heavy (non-hydrogen) atoms. The molecular formula is C17H12Cl3N3O3S. The number of carbonyl (C=O) groups is 1. The van der Waals surface area contributed by atoms with Crippen LogP contribution in [0.25, 0.3) is 0 Å². The molecule has 0 radical (unpaired) electrons. The molecule has 3 rings (SSSR count). The van der Waals surface area contributed by atoms with Crippen LogP contribution in [0.15, 0.2) is 52.1 Å². The molecule has 0 unspecified atom stereocenters. The van der Waals surface area contributed by atoms with Gasteiger partial charge in [0.2, 0.25) is 5.91 Å². The molecule has 0 aliphatic heterocycles. The molecule has 1 N–H and O–H groups in total. The van der Waals surface area contributed by atoms with Gasteiger partial charge in [0.05, 0.1) is 21.5 Å². The van der Waals surface area contributed by atoms with Crippen molar-refractivity contribution in [2.75, 3.05) is 11.1 Å². The topological polar surface area (TPSA) is 77.2 Å². The van der Waals surface area contributed by atoms with E-state index in [9.17, 15) is 4.79 Å². The summed E-state index contributed by atoms with van der Waals surface area (Å²) in [5.74, 6) is 0.717. The number of rotatable bonds is 7. The summed E-state index contributed by atoms with van der Waals surface area (Å²) in [5.41, 5.74) is 0.302. The molecule has 1 amide bonds. The van der Waals surface area contributed by atoms with Crippen molar-refractivity contribution >= 4 is 58.2 Å². The van der Waals surface area contributed by atoms with Crippen molar-refractivity contribution in [2.45, 2.75) is 11.8 Å². The molecule has 0 aliphatic carbocycles. The zero-order valence-electron chi connectivity index (χ0n) is 13.6. The minimum Gasteiger partial charge on any atom is -0.484 e. The van der Waals surface area contributed by atoms with Crippen LogP contribution in [0.3, 0.4) is 0 Å². The second-order valence-electron chi connectivity index (χ2n) is 5.14. The highest BCUT2D eigenvalue weighted by Gasteiger charge is 2.14. The molecule has 140 valence electrons. The Hall–Kier alpha value is -1.93. The molecule has 1 heterocycles. The third-order valence-corrected chi connectivity index (χ3v) is 4.78. The summed E-state index contributed by atoms with van der Waals surface area (Å²) < 4.78 is 11.0. The van der Waals surface area contributed by atoms with Gasteiger partial charge in [-0.3, -0.25) is 4.79 Å². The van der Waals surface area contributed by atoms with Gasteiger partial charge in [0, 0.05) is 5.02 Å². The van der Waals surface area contributed by atoms with E-state index in [2.05, 4.69) is 15.5 Å². The number of aromatic nitrogens is 2. The Labute approximate surface area is 174 Å². The van der Waals surface area contributed by atoms with Crippen molar-refractivity contribution in [1.29, 1.82) is 0 Å². The summed E-state index contributed by atoms with van der Waals surface area (Å²) in [5, 5.41) is 11.5. The van der Waals surface area contributed by atoms with E-state index in [1.54, 1.807) is 0 Å². The first-order valence-corrected chi connectivity index (χ1v) is 9.70. The molecule has 0 saturated carbocycles. The van der Waals surface area contributed by atoms with Crippen molar-refractivity contribution in [2.24, 2.45) is 0 Å². The number of benzene rings is 2. The first kappa shape index (κ1) is 19.8. The third-order valence-electron chi connectivity index (χ3n) is 3.15. The van der Waals surface area contributed by atoms with Crippen LogP contribution in [0.4, 0.5) is 5.69 Å². The monoisotopic (exact) mass is 443 g/mol. The van der Waals surface area contributed by atoms with Crippen molar-refractivity contribution in [3.8, 4) is 5.75 Å². The fourth-order valence-electron chi connectivity index (χ4n) is 1.98. The van der Waals surface area contributed by atoms with E-state index in [0.29, 0.717) is 22.4 Å². The molecule has 3 aromatic rings. The van der Waals surface area contributed by atoms with Gasteiger partial charge in [-0.05, 0) is 24.3 Å². The first-order valence-electron chi connectivity index (χ1n) is 7.58. The van der Waals surface area contributed by atoms with Crippen LogP contribution < -0.4 is 10.1 Å². The predicted octanol–water partition coefficient (Wildman–Crippen LogP) is 5.34. The largest absolute Gasteiger partial charge is 0.484 e. The maximum absolute atomic E-state index is 12.1. The van der Waals surface area contributed by atoms with Crippen molar-refractivity contribution in [3.63, 3.8) is 0 Å². The van der Waals surface area contributed by atoms with E-state index < -0.39 is 0 Å². The lowest BCUT2D eigenvalue weighted by molar-refractivity contribution is -0.113. The smallest absolute Gasteiger partial charge is 0.277 e. The standard InChI is InChI=1S/C17H12Cl3N3O3S/c18-10-6-12(19)16(13(20)7-10)21-14(24)9-27-17-23-22-15(26-17)8-25-11-4-2-1-3-5-11/h1-7H,8-9H2,(H,21,24). The maximum atomic E-state index is 12.1. The molecule has 0 saturated heterocycles. The number of hydrogen-bond donors (Lipinski definition) is 1. The van der Waals surface area contributed by atoms with Gasteiger partial charge < -0.3 is 14.5 Å². The van der Waals surface area contributed by atoms with E-state index in [4.69, 9.17) is 44.0 Å². The summed E-state index contributed by atoms with van der Waals surface area (Å²) >= 11 is 19.0. The second-order valence-corrected chi connectivity index (χ2v) is 7.32. The quantitative estimate of drug-likeness (QED) is 0.496. The number of thioether (sulfide) groups is 1. The molecular weight excluding hydrogens is 433 g/mol. The van der Waals surface area contributed by atoms with E-state index in [1.807, 2.05) is 30.3 Å². The Morgan fingerprint density at radius 3 is 2.52 bits per heavy atom. The fraction of sp³-hybridized carbons (Fsp3) is 0.118. The molecule has 0 aliphatic rings. The maximum Gasteiger partial charge on any atom is 0.277 e. The van der Waals surface area contributed by atoms with Crippen LogP contribution in [-0.4, -0.2) is 21.9 Å². The van der Waals surface area contributed by atoms with Crippen LogP contribution in [0.5, 0.6) is 5.75 Å². The summed E-state index contributed by atoms with van der Waals surface area (Å²) in [7, 11) is 0. The summed E-state index contributed by atoms with van der Waals surface area (Å²) in [4.78, 5) is 12.1. The number of nitrogens with one attached hydrogen (secondary N) is 1. The molecule has 0 bridgehead atoms. The SMILES string of the molecule is O=C(CSc1nnc(COc2ccccc2)o1)Nc1c(Cl)cc(Cl)cc1Cl. The Balaban J connectivity index is 1.50. The number of amides is 1. The Morgan fingerprint density at radius 2 is 1.81 bits per heavy atom. The summed E-state index contributed by atoms with van der Waals surface area (Å²) in [6.45, 7) is 0.139. The molecule has 0 fully saturated rings. The Morgan fingerprint density at radius 1 is 1.11 bits per heavy atom. The van der Waals surface area contributed by atoms with Gasteiger partial charge >= 0.3 is 0 Å². The van der Waals surface area contributed by atoms with E-state index in [1.165, 1.54) is 12.1 Å². The number of halogens is 3. The minimum absolute atomic E-state index is 0.0382. The molecule has 0 spiro atoms. The van der Waals surface area contributed by atoms with E-state index in [-0.39, 0.29) is 33.5 Å². The average Bonchev–Trinajstić information content (AvgIpc) is 3.10. The number of hydrogen-bond acceptors (Lipinski definition) is 6. The van der Waals surface area contributed by atoms with Crippen LogP contribution in [0.2, 0.25) is 15.1 Å². The molecule has 2 aromatic carbocycles. The zero-order valence-corrected chi connectivity index (χ0v) is 16.7. The molecule has 10 heteroatoms. The van der Waals surface area contributed by atoms with Crippen LogP contribution >= 0.6 is 46.6 Å². The van der Waals surface area contributed by atoms with Gasteiger partial charge in [0.25, 0.3) is 11.1 Å².